The molecule has 9 nitrogen and oxygen atoms in total. The van der Waals surface area contributed by atoms with Crippen LogP contribution in [0.2, 0.25) is 0 Å². The van der Waals surface area contributed by atoms with Crippen molar-refractivity contribution in [2.75, 3.05) is 24.2 Å². The molecule has 2 aromatic heterocycles. The molecule has 0 bridgehead atoms. The number of piperidine rings is 1. The zero-order valence-electron chi connectivity index (χ0n) is 17.9. The highest BCUT2D eigenvalue weighted by Gasteiger charge is 2.19. The number of carbonyl (C=O) groups is 2. The smallest absolute Gasteiger partial charge is 0.262 e. The minimum Gasteiger partial charge on any atom is -0.360 e. The van der Waals surface area contributed by atoms with E-state index in [1.807, 2.05) is 11.0 Å². The summed E-state index contributed by atoms with van der Waals surface area (Å²) in [4.78, 5) is 44.6. The monoisotopic (exact) mass is 455 g/mol. The molecule has 3 aromatic rings. The van der Waals surface area contributed by atoms with Crippen molar-refractivity contribution in [3.63, 3.8) is 0 Å². The number of thioether (sulfide) groups is 1. The second-order valence-electron chi connectivity index (χ2n) is 7.72. The topological polar surface area (TPSA) is 110 Å². The maximum absolute atomic E-state index is 13.1. The van der Waals surface area contributed by atoms with Crippen LogP contribution in [0.3, 0.4) is 0 Å². The Morgan fingerprint density at radius 2 is 1.97 bits per heavy atom. The number of likely N-dealkylation sites (tertiary alicyclic amines) is 1. The predicted molar refractivity (Wildman–Crippen MR) is 122 cm³/mol. The van der Waals surface area contributed by atoms with Gasteiger partial charge in [0.25, 0.3) is 5.56 Å². The fraction of sp³-hybridized carbons (Fsp3) is 0.409. The zero-order valence-corrected chi connectivity index (χ0v) is 18.7. The minimum absolute atomic E-state index is 0.0385. The first-order valence-electron chi connectivity index (χ1n) is 10.6. The Morgan fingerprint density at radius 1 is 1.19 bits per heavy atom. The lowest BCUT2D eigenvalue weighted by molar-refractivity contribution is -0.132. The molecular formula is C22H25N5O4S. The average Bonchev–Trinajstić information content (AvgIpc) is 3.22. The Labute approximate surface area is 189 Å². The van der Waals surface area contributed by atoms with Crippen LogP contribution in [0.15, 0.2) is 44.8 Å². The van der Waals surface area contributed by atoms with Crippen molar-refractivity contribution in [3.8, 4) is 0 Å². The first kappa shape index (κ1) is 22.1. The molecule has 0 spiro atoms. The first-order chi connectivity index (χ1) is 15.5. The van der Waals surface area contributed by atoms with E-state index in [-0.39, 0.29) is 36.1 Å². The van der Waals surface area contributed by atoms with Gasteiger partial charge >= 0.3 is 0 Å². The third kappa shape index (κ3) is 5.18. The van der Waals surface area contributed by atoms with Gasteiger partial charge in [0.15, 0.2) is 11.0 Å². The van der Waals surface area contributed by atoms with Crippen molar-refractivity contribution in [2.24, 2.45) is 0 Å². The van der Waals surface area contributed by atoms with E-state index in [0.717, 1.165) is 44.1 Å². The maximum Gasteiger partial charge on any atom is 0.262 e. The van der Waals surface area contributed by atoms with Crippen LogP contribution in [0, 0.1) is 6.92 Å². The second kappa shape index (κ2) is 9.99. The number of hydrogen-bond acceptors (Lipinski definition) is 7. The van der Waals surface area contributed by atoms with Gasteiger partial charge in [-0.1, -0.05) is 29.1 Å². The van der Waals surface area contributed by atoms with Crippen LogP contribution < -0.4 is 10.9 Å². The Hall–Kier alpha value is -3.14. The Morgan fingerprint density at radius 3 is 2.72 bits per heavy atom. The highest BCUT2D eigenvalue weighted by atomic mass is 32.2. The van der Waals surface area contributed by atoms with Crippen LogP contribution in [0.5, 0.6) is 0 Å². The molecule has 1 aliphatic heterocycles. The molecule has 1 fully saturated rings. The number of carbonyl (C=O) groups excluding carboxylic acids is 2. The van der Waals surface area contributed by atoms with E-state index in [2.05, 4.69) is 15.5 Å². The Bertz CT molecular complexity index is 1180. The third-order valence-corrected chi connectivity index (χ3v) is 6.29. The molecule has 1 N–H and O–H groups in total. The van der Waals surface area contributed by atoms with Crippen LogP contribution in [0.4, 0.5) is 5.82 Å². The lowest BCUT2D eigenvalue weighted by atomic mass is 10.1. The SMILES string of the molecule is Cc1cc(NC(=O)CSc2nc3ccccc3c(=O)n2CCC(=O)N2CCCCC2)no1. The molecule has 1 aromatic carbocycles. The molecule has 0 unspecified atom stereocenters. The Balaban J connectivity index is 1.51. The van der Waals surface area contributed by atoms with Crippen LogP contribution in [-0.4, -0.2) is 50.3 Å². The Kier molecular flexibility index (Phi) is 6.89. The van der Waals surface area contributed by atoms with Crippen molar-refractivity contribution in [1.82, 2.24) is 19.6 Å². The van der Waals surface area contributed by atoms with E-state index in [1.54, 1.807) is 31.2 Å². The number of hydrogen-bond donors (Lipinski definition) is 1. The van der Waals surface area contributed by atoms with Crippen molar-refractivity contribution in [1.29, 1.82) is 0 Å². The zero-order chi connectivity index (χ0) is 22.5. The van der Waals surface area contributed by atoms with Crippen LogP contribution in [0.1, 0.15) is 31.4 Å². The number of aryl methyl sites for hydroxylation is 1. The summed E-state index contributed by atoms with van der Waals surface area (Å²) in [7, 11) is 0. The summed E-state index contributed by atoms with van der Waals surface area (Å²) in [5.74, 6) is 0.721. The second-order valence-corrected chi connectivity index (χ2v) is 8.66. The lowest BCUT2D eigenvalue weighted by Gasteiger charge is -2.27. The van der Waals surface area contributed by atoms with Crippen LogP contribution in [0.25, 0.3) is 10.9 Å². The van der Waals surface area contributed by atoms with Gasteiger partial charge in [-0.2, -0.15) is 0 Å². The van der Waals surface area contributed by atoms with E-state index in [9.17, 15) is 14.4 Å². The van der Waals surface area contributed by atoms with Gasteiger partial charge in [0, 0.05) is 32.1 Å². The summed E-state index contributed by atoms with van der Waals surface area (Å²) in [6.45, 7) is 3.50. The van der Waals surface area contributed by atoms with Crippen molar-refractivity contribution in [2.45, 2.75) is 44.3 Å². The van der Waals surface area contributed by atoms with E-state index in [0.29, 0.717) is 27.6 Å². The van der Waals surface area contributed by atoms with Gasteiger partial charge in [-0.15, -0.1) is 0 Å². The fourth-order valence-corrected chi connectivity index (χ4v) is 4.52. The number of anilines is 1. The molecule has 1 saturated heterocycles. The summed E-state index contributed by atoms with van der Waals surface area (Å²) in [5.41, 5.74) is 0.350. The number of aromatic nitrogens is 3. The fourth-order valence-electron chi connectivity index (χ4n) is 3.70. The van der Waals surface area contributed by atoms with Crippen molar-refractivity contribution >= 4 is 40.3 Å². The van der Waals surface area contributed by atoms with Gasteiger partial charge in [0.2, 0.25) is 11.8 Å². The van der Waals surface area contributed by atoms with E-state index >= 15 is 0 Å². The number of benzene rings is 1. The van der Waals surface area contributed by atoms with E-state index in [1.165, 1.54) is 4.57 Å². The molecule has 2 amide bonds. The molecule has 1 aliphatic rings. The van der Waals surface area contributed by atoms with Gasteiger partial charge in [-0.3, -0.25) is 19.0 Å². The van der Waals surface area contributed by atoms with E-state index in [4.69, 9.17) is 4.52 Å². The standard InChI is InChI=1S/C22H25N5O4S/c1-15-13-18(25-31-15)24-19(28)14-32-22-23-17-8-4-3-7-16(17)21(30)27(22)12-9-20(29)26-10-5-2-6-11-26/h3-4,7-8,13H,2,5-6,9-12,14H2,1H3,(H,24,25,28). The number of nitrogens with one attached hydrogen (secondary N) is 1. The highest BCUT2D eigenvalue weighted by molar-refractivity contribution is 7.99. The molecule has 0 radical (unpaired) electrons. The van der Waals surface area contributed by atoms with Crippen LogP contribution in [-0.2, 0) is 16.1 Å². The van der Waals surface area contributed by atoms with E-state index < -0.39 is 0 Å². The average molecular weight is 456 g/mol. The molecule has 0 aliphatic carbocycles. The number of rotatable bonds is 7. The summed E-state index contributed by atoms with van der Waals surface area (Å²) in [6, 6.07) is 8.71. The minimum atomic E-state index is -0.290. The largest absolute Gasteiger partial charge is 0.360 e. The van der Waals surface area contributed by atoms with Gasteiger partial charge in [0.05, 0.1) is 16.7 Å². The molecule has 32 heavy (non-hydrogen) atoms. The van der Waals surface area contributed by atoms with Gasteiger partial charge in [-0.05, 0) is 38.3 Å². The normalized spacial score (nSPS) is 14.0. The number of fused-ring (bicyclic) bond motifs is 1. The summed E-state index contributed by atoms with van der Waals surface area (Å²) in [5, 5.41) is 7.30. The van der Waals surface area contributed by atoms with Gasteiger partial charge < -0.3 is 14.7 Å². The van der Waals surface area contributed by atoms with Gasteiger partial charge in [0.1, 0.15) is 5.76 Å². The number of nitrogens with zero attached hydrogens (tertiary/aromatic N) is 4. The highest BCUT2D eigenvalue weighted by Crippen LogP contribution is 2.19. The van der Waals surface area contributed by atoms with Crippen molar-refractivity contribution < 1.29 is 14.1 Å². The molecule has 0 saturated carbocycles. The number of amides is 2. The maximum atomic E-state index is 13.1. The first-order valence-corrected chi connectivity index (χ1v) is 11.6. The predicted octanol–water partition coefficient (Wildman–Crippen LogP) is 2.83. The number of para-hydroxylation sites is 1. The lowest BCUT2D eigenvalue weighted by Crippen LogP contribution is -2.36. The summed E-state index contributed by atoms with van der Waals surface area (Å²) < 4.78 is 6.45. The van der Waals surface area contributed by atoms with Gasteiger partial charge in [-0.25, -0.2) is 4.98 Å². The third-order valence-electron chi connectivity index (χ3n) is 5.31. The molecule has 168 valence electrons. The van der Waals surface area contributed by atoms with Crippen molar-refractivity contribution in [3.05, 3.63) is 46.4 Å². The summed E-state index contributed by atoms with van der Waals surface area (Å²) in [6.07, 6.45) is 3.40. The van der Waals surface area contributed by atoms with Crippen LogP contribution >= 0.6 is 11.8 Å². The molecule has 4 rings (SSSR count). The molecule has 0 atom stereocenters. The summed E-state index contributed by atoms with van der Waals surface area (Å²) >= 11 is 1.15. The molecular weight excluding hydrogens is 430 g/mol. The quantitative estimate of drug-likeness (QED) is 0.431. The molecule has 3 heterocycles. The molecule has 10 heteroatoms.